The van der Waals surface area contributed by atoms with E-state index in [4.69, 9.17) is 4.74 Å². The van der Waals surface area contributed by atoms with Crippen molar-refractivity contribution in [2.45, 2.75) is 105 Å². The molecule has 0 N–H and O–H groups in total. The van der Waals surface area contributed by atoms with Crippen molar-refractivity contribution in [1.29, 1.82) is 0 Å². The van der Waals surface area contributed by atoms with Gasteiger partial charge >= 0.3 is 6.85 Å². The summed E-state index contributed by atoms with van der Waals surface area (Å²) in [6, 6.07) is 40.0. The standard InChI is InChI=1S/C52H53BN2OS/c1-49(2,3)30-17-20-34(21-18-30)54-40-25-31(50(4,5)6)19-22-39(40)53-47-37(23-32(26-42(47)54)51(7,8)9)38-24-33(52(10,11)12)27-44-48(38)55(53)41-29-46-36(28-43(41)56-44)35-15-13-14-16-45(35)57-46/h13-29H,1-12H3. The molecule has 0 fully saturated rings. The van der Waals surface area contributed by atoms with Crippen LogP contribution in [0.3, 0.4) is 0 Å². The number of nitrogens with zero attached hydrogens (tertiary/aromatic N) is 2. The second-order valence-corrected chi connectivity index (χ2v) is 21.9. The van der Waals surface area contributed by atoms with Crippen molar-refractivity contribution in [1.82, 2.24) is 0 Å². The van der Waals surface area contributed by atoms with Crippen LogP contribution in [-0.4, -0.2) is 6.85 Å². The van der Waals surface area contributed by atoms with Crippen LogP contribution < -0.4 is 25.4 Å². The Labute approximate surface area is 343 Å². The SMILES string of the molecule is CC(C)(C)c1ccc(N2c3cc(C(C)(C)C)ccc3B3c4c(cc(C(C)(C)C)cc42)-c2cc(C(C)(C)C)cc4c2N3c2cc3sc5ccccc5c3cc2O4)cc1. The van der Waals surface area contributed by atoms with Crippen molar-refractivity contribution >= 4 is 77.7 Å². The fourth-order valence-corrected chi connectivity index (χ4v) is 10.4. The van der Waals surface area contributed by atoms with Crippen molar-refractivity contribution in [2.24, 2.45) is 0 Å². The Bertz CT molecular complexity index is 2820. The summed E-state index contributed by atoms with van der Waals surface area (Å²) < 4.78 is 9.76. The van der Waals surface area contributed by atoms with E-state index >= 15 is 0 Å². The number of hydrogen-bond donors (Lipinski definition) is 0. The summed E-state index contributed by atoms with van der Waals surface area (Å²) in [6.45, 7) is 27.8. The van der Waals surface area contributed by atoms with Gasteiger partial charge in [-0.25, -0.2) is 0 Å². The maximum absolute atomic E-state index is 7.17. The Hall–Kier alpha value is -5.00. The van der Waals surface area contributed by atoms with E-state index < -0.39 is 0 Å². The van der Waals surface area contributed by atoms with E-state index in [-0.39, 0.29) is 28.5 Å². The molecule has 0 spiro atoms. The fraction of sp³-hybridized carbons (Fsp3) is 0.308. The highest BCUT2D eigenvalue weighted by Gasteiger charge is 2.49. The molecule has 5 heteroatoms. The van der Waals surface area contributed by atoms with Gasteiger partial charge < -0.3 is 14.4 Å². The minimum absolute atomic E-state index is 0.0243. The van der Waals surface area contributed by atoms with Crippen molar-refractivity contribution in [3.05, 3.63) is 125 Å². The van der Waals surface area contributed by atoms with Gasteiger partial charge in [0.25, 0.3) is 0 Å². The highest BCUT2D eigenvalue weighted by molar-refractivity contribution is 7.25. The Morgan fingerprint density at radius 1 is 0.491 bits per heavy atom. The summed E-state index contributed by atoms with van der Waals surface area (Å²) in [4.78, 5) is 5.23. The molecule has 0 amide bonds. The lowest BCUT2D eigenvalue weighted by atomic mass is 9.43. The van der Waals surface area contributed by atoms with Crippen LogP contribution in [0.5, 0.6) is 11.5 Å². The summed E-state index contributed by atoms with van der Waals surface area (Å²) in [6.07, 6.45) is 0. The molecule has 3 aliphatic rings. The minimum atomic E-state index is -0.0805. The maximum atomic E-state index is 7.17. The van der Waals surface area contributed by atoms with E-state index in [1.165, 1.54) is 87.2 Å². The predicted molar refractivity (Wildman–Crippen MR) is 248 cm³/mol. The van der Waals surface area contributed by atoms with Crippen LogP contribution in [0.2, 0.25) is 0 Å². The third-order valence-corrected chi connectivity index (χ3v) is 13.8. The van der Waals surface area contributed by atoms with Gasteiger partial charge in [-0.3, -0.25) is 0 Å². The quantitative estimate of drug-likeness (QED) is 0.155. The average molecular weight is 765 g/mol. The van der Waals surface area contributed by atoms with E-state index in [2.05, 4.69) is 196 Å². The molecule has 7 aromatic rings. The molecule has 0 saturated heterocycles. The van der Waals surface area contributed by atoms with Gasteiger partial charge in [-0.05, 0) is 115 Å². The number of benzene rings is 6. The zero-order valence-electron chi connectivity index (χ0n) is 35.6. The first-order valence-electron chi connectivity index (χ1n) is 20.6. The number of thiophene rings is 1. The Balaban J connectivity index is 1.34. The van der Waals surface area contributed by atoms with E-state index in [0.29, 0.717) is 0 Å². The van der Waals surface area contributed by atoms with Gasteiger partial charge in [0.2, 0.25) is 0 Å². The molecule has 0 atom stereocenters. The highest BCUT2D eigenvalue weighted by atomic mass is 32.1. The molecule has 4 heterocycles. The topological polar surface area (TPSA) is 15.7 Å². The van der Waals surface area contributed by atoms with Gasteiger partial charge in [-0.1, -0.05) is 132 Å². The second-order valence-electron chi connectivity index (χ2n) is 20.8. The molecule has 3 nitrogen and oxygen atoms in total. The zero-order valence-corrected chi connectivity index (χ0v) is 36.4. The molecule has 3 aliphatic heterocycles. The van der Waals surface area contributed by atoms with Crippen molar-refractivity contribution in [3.8, 4) is 22.6 Å². The van der Waals surface area contributed by atoms with Crippen LogP contribution in [-0.2, 0) is 21.7 Å². The van der Waals surface area contributed by atoms with Gasteiger partial charge in [0, 0.05) is 42.8 Å². The smallest absolute Gasteiger partial charge is 0.333 e. The Kier molecular flexibility index (Phi) is 7.52. The first-order chi connectivity index (χ1) is 26.8. The summed E-state index contributed by atoms with van der Waals surface area (Å²) in [7, 11) is 0. The highest BCUT2D eigenvalue weighted by Crippen LogP contribution is 2.58. The van der Waals surface area contributed by atoms with Crippen LogP contribution in [0, 0.1) is 0 Å². The van der Waals surface area contributed by atoms with Crippen LogP contribution >= 0.6 is 11.3 Å². The lowest BCUT2D eigenvalue weighted by molar-refractivity contribution is 0.475. The largest absolute Gasteiger partial charge is 0.453 e. The van der Waals surface area contributed by atoms with Gasteiger partial charge in [0.15, 0.2) is 11.5 Å². The van der Waals surface area contributed by atoms with Crippen molar-refractivity contribution in [3.63, 3.8) is 0 Å². The van der Waals surface area contributed by atoms with Gasteiger partial charge in [-0.15, -0.1) is 11.3 Å². The summed E-state index contributed by atoms with van der Waals surface area (Å²) in [5.41, 5.74) is 16.3. The Morgan fingerprint density at radius 3 is 1.79 bits per heavy atom. The molecule has 0 aliphatic carbocycles. The number of ether oxygens (including phenoxy) is 1. The zero-order chi connectivity index (χ0) is 40.1. The molecule has 0 unspecified atom stereocenters. The fourth-order valence-electron chi connectivity index (χ4n) is 9.23. The lowest BCUT2D eigenvalue weighted by Crippen LogP contribution is -2.62. The van der Waals surface area contributed by atoms with E-state index in [0.717, 1.165) is 17.2 Å². The van der Waals surface area contributed by atoms with Crippen LogP contribution in [0.15, 0.2) is 103 Å². The molecule has 6 aromatic carbocycles. The van der Waals surface area contributed by atoms with Gasteiger partial charge in [0.1, 0.15) is 0 Å². The summed E-state index contributed by atoms with van der Waals surface area (Å²) in [5.74, 6) is 1.85. The monoisotopic (exact) mass is 764 g/mol. The first-order valence-corrected chi connectivity index (χ1v) is 21.4. The molecule has 0 bridgehead atoms. The van der Waals surface area contributed by atoms with Crippen LogP contribution in [0.4, 0.5) is 28.4 Å². The number of fused-ring (bicyclic) bond motifs is 9. The lowest BCUT2D eigenvalue weighted by Gasteiger charge is -2.48. The van der Waals surface area contributed by atoms with Crippen LogP contribution in [0.25, 0.3) is 31.3 Å². The molecule has 0 radical (unpaired) electrons. The number of anilines is 5. The molecule has 286 valence electrons. The first kappa shape index (κ1) is 36.4. The van der Waals surface area contributed by atoms with Crippen LogP contribution in [0.1, 0.15) is 105 Å². The average Bonchev–Trinajstić information content (AvgIpc) is 3.50. The molecule has 0 saturated carbocycles. The normalized spacial score (nSPS) is 14.7. The Morgan fingerprint density at radius 2 is 1.11 bits per heavy atom. The molecule has 1 aromatic heterocycles. The summed E-state index contributed by atoms with van der Waals surface area (Å²) >= 11 is 1.87. The van der Waals surface area contributed by atoms with Crippen molar-refractivity contribution < 1.29 is 4.74 Å². The molecule has 57 heavy (non-hydrogen) atoms. The third kappa shape index (κ3) is 5.52. The van der Waals surface area contributed by atoms with Gasteiger partial charge in [0.05, 0.1) is 11.4 Å². The number of hydrogen-bond acceptors (Lipinski definition) is 4. The minimum Gasteiger partial charge on any atom is -0.453 e. The van der Waals surface area contributed by atoms with Crippen molar-refractivity contribution in [2.75, 3.05) is 9.71 Å². The third-order valence-electron chi connectivity index (χ3n) is 12.6. The van der Waals surface area contributed by atoms with E-state index in [1.54, 1.807) is 0 Å². The second kappa shape index (κ2) is 11.8. The van der Waals surface area contributed by atoms with E-state index in [1.807, 2.05) is 11.3 Å². The number of rotatable bonds is 1. The molecular formula is C52H53BN2OS. The van der Waals surface area contributed by atoms with E-state index in [9.17, 15) is 0 Å². The maximum Gasteiger partial charge on any atom is 0.333 e. The predicted octanol–water partition coefficient (Wildman–Crippen LogP) is 14.1. The summed E-state index contributed by atoms with van der Waals surface area (Å²) in [5, 5.41) is 2.53. The van der Waals surface area contributed by atoms with Gasteiger partial charge in [-0.2, -0.15) is 0 Å². The molecular weight excluding hydrogens is 711 g/mol. The molecule has 10 rings (SSSR count).